The van der Waals surface area contributed by atoms with Crippen LogP contribution in [0.1, 0.15) is 12.0 Å². The smallest absolute Gasteiger partial charge is 0.225 e. The molecule has 0 aliphatic rings. The number of pyridine rings is 1. The number of amides is 1. The summed E-state index contributed by atoms with van der Waals surface area (Å²) in [7, 11) is 1.87. The monoisotopic (exact) mass is 337 g/mol. The lowest BCUT2D eigenvalue weighted by Crippen LogP contribution is -2.26. The Bertz CT molecular complexity index is 695. The molecule has 0 bridgehead atoms. The van der Waals surface area contributed by atoms with E-state index in [0.717, 1.165) is 30.7 Å². The first-order valence-electron chi connectivity index (χ1n) is 7.48. The van der Waals surface area contributed by atoms with Gasteiger partial charge in [0.05, 0.1) is 5.69 Å². The zero-order valence-corrected chi connectivity index (χ0v) is 13.2. The van der Waals surface area contributed by atoms with E-state index in [0.29, 0.717) is 6.54 Å². The summed E-state index contributed by atoms with van der Waals surface area (Å²) in [6.07, 6.45) is 4.38. The Kier molecular flexibility index (Phi) is 6.31. The van der Waals surface area contributed by atoms with Crippen LogP contribution in [-0.2, 0) is 11.2 Å². The highest BCUT2D eigenvalue weighted by molar-refractivity contribution is 5.90. The number of carbonyl (C=O) groups excluding carboxylic acids is 1. The Morgan fingerprint density at radius 1 is 1.08 bits per heavy atom. The van der Waals surface area contributed by atoms with Gasteiger partial charge < -0.3 is 10.2 Å². The quantitative estimate of drug-likeness (QED) is 0.790. The van der Waals surface area contributed by atoms with Crippen molar-refractivity contribution in [2.75, 3.05) is 25.5 Å². The summed E-state index contributed by atoms with van der Waals surface area (Å²) >= 11 is 0. The van der Waals surface area contributed by atoms with E-state index in [1.165, 1.54) is 0 Å². The molecule has 7 heteroatoms. The third-order valence-electron chi connectivity index (χ3n) is 3.56. The Labute approximate surface area is 138 Å². The third kappa shape index (κ3) is 5.06. The molecule has 0 spiro atoms. The van der Waals surface area contributed by atoms with Crippen LogP contribution < -0.4 is 5.32 Å². The van der Waals surface area contributed by atoms with Crippen LogP contribution in [0.5, 0.6) is 0 Å². The van der Waals surface area contributed by atoms with Gasteiger partial charge in [0.2, 0.25) is 5.91 Å². The summed E-state index contributed by atoms with van der Waals surface area (Å²) < 4.78 is 39.4. The van der Waals surface area contributed by atoms with E-state index in [1.807, 2.05) is 24.1 Å². The number of benzene rings is 1. The molecule has 0 atom stereocenters. The fourth-order valence-corrected chi connectivity index (χ4v) is 2.11. The molecule has 128 valence electrons. The number of nitrogens with zero attached hydrogens (tertiary/aromatic N) is 2. The zero-order chi connectivity index (χ0) is 17.5. The highest BCUT2D eigenvalue weighted by Crippen LogP contribution is 2.19. The van der Waals surface area contributed by atoms with Gasteiger partial charge in [0, 0.05) is 31.9 Å². The standard InChI is InChI=1S/C17H18F3N3O/c1-23(10-6-12-4-8-21-9-5-12)11-7-15(24)22-14-3-2-13(18)16(19)17(14)20/h2-5,8-9H,6-7,10-11H2,1H3,(H,22,24). The van der Waals surface area contributed by atoms with Crippen molar-refractivity contribution >= 4 is 11.6 Å². The van der Waals surface area contributed by atoms with Crippen LogP contribution >= 0.6 is 0 Å². The van der Waals surface area contributed by atoms with Crippen molar-refractivity contribution in [3.8, 4) is 0 Å². The minimum Gasteiger partial charge on any atom is -0.323 e. The molecule has 1 amide bonds. The van der Waals surface area contributed by atoms with Crippen molar-refractivity contribution in [1.29, 1.82) is 0 Å². The van der Waals surface area contributed by atoms with E-state index in [4.69, 9.17) is 0 Å². The summed E-state index contributed by atoms with van der Waals surface area (Å²) in [5.41, 5.74) is 0.781. The predicted octanol–water partition coefficient (Wildman–Crippen LogP) is 3.00. The second-order valence-corrected chi connectivity index (χ2v) is 5.43. The van der Waals surface area contributed by atoms with Crippen LogP contribution in [0.15, 0.2) is 36.7 Å². The summed E-state index contributed by atoms with van der Waals surface area (Å²) in [6, 6.07) is 5.62. The van der Waals surface area contributed by atoms with E-state index in [-0.39, 0.29) is 12.1 Å². The molecule has 24 heavy (non-hydrogen) atoms. The second-order valence-electron chi connectivity index (χ2n) is 5.43. The minimum atomic E-state index is -1.60. The number of carbonyl (C=O) groups is 1. The van der Waals surface area contributed by atoms with Gasteiger partial charge >= 0.3 is 0 Å². The number of aromatic nitrogens is 1. The largest absolute Gasteiger partial charge is 0.323 e. The first-order chi connectivity index (χ1) is 11.5. The highest BCUT2D eigenvalue weighted by Gasteiger charge is 2.15. The topological polar surface area (TPSA) is 45.2 Å². The Morgan fingerprint density at radius 3 is 2.50 bits per heavy atom. The molecule has 0 aliphatic heterocycles. The van der Waals surface area contributed by atoms with E-state index in [9.17, 15) is 18.0 Å². The van der Waals surface area contributed by atoms with Crippen molar-refractivity contribution in [2.24, 2.45) is 0 Å². The minimum absolute atomic E-state index is 0.116. The van der Waals surface area contributed by atoms with Gasteiger partial charge in [-0.25, -0.2) is 13.2 Å². The molecular weight excluding hydrogens is 319 g/mol. The maximum atomic E-state index is 13.5. The number of anilines is 1. The number of nitrogens with one attached hydrogen (secondary N) is 1. The van der Waals surface area contributed by atoms with Crippen LogP contribution in [0.3, 0.4) is 0 Å². The Balaban J connectivity index is 1.77. The van der Waals surface area contributed by atoms with Gasteiger partial charge in [-0.15, -0.1) is 0 Å². The molecule has 1 N–H and O–H groups in total. The molecule has 1 aromatic carbocycles. The maximum Gasteiger partial charge on any atom is 0.225 e. The van der Waals surface area contributed by atoms with Crippen molar-refractivity contribution in [3.05, 3.63) is 59.7 Å². The summed E-state index contributed by atoms with van der Waals surface area (Å²) in [5, 5.41) is 2.25. The van der Waals surface area contributed by atoms with Crippen LogP contribution in [-0.4, -0.2) is 35.9 Å². The average molecular weight is 337 g/mol. The fraction of sp³-hybridized carbons (Fsp3) is 0.294. The summed E-state index contributed by atoms with van der Waals surface area (Å²) in [5.74, 6) is -4.74. The first-order valence-corrected chi connectivity index (χ1v) is 7.48. The number of rotatable bonds is 7. The molecule has 2 rings (SSSR count). The molecule has 4 nitrogen and oxygen atoms in total. The van der Waals surface area contributed by atoms with Gasteiger partial charge in [-0.3, -0.25) is 9.78 Å². The Hall–Kier alpha value is -2.41. The number of halogens is 3. The molecule has 1 aromatic heterocycles. The predicted molar refractivity (Wildman–Crippen MR) is 85.0 cm³/mol. The molecular formula is C17H18F3N3O. The van der Waals surface area contributed by atoms with E-state index < -0.39 is 23.4 Å². The van der Waals surface area contributed by atoms with Crippen LogP contribution in [0.4, 0.5) is 18.9 Å². The second kappa shape index (κ2) is 8.44. The fourth-order valence-electron chi connectivity index (χ4n) is 2.11. The van der Waals surface area contributed by atoms with Gasteiger partial charge in [-0.1, -0.05) is 0 Å². The van der Waals surface area contributed by atoms with Crippen molar-refractivity contribution in [3.63, 3.8) is 0 Å². The molecule has 1 heterocycles. The zero-order valence-electron chi connectivity index (χ0n) is 13.2. The maximum absolute atomic E-state index is 13.5. The molecule has 0 aliphatic carbocycles. The molecule has 0 fully saturated rings. The molecule has 0 saturated heterocycles. The van der Waals surface area contributed by atoms with Gasteiger partial charge in [0.25, 0.3) is 0 Å². The van der Waals surface area contributed by atoms with E-state index in [1.54, 1.807) is 12.4 Å². The van der Waals surface area contributed by atoms with Crippen molar-refractivity contribution in [1.82, 2.24) is 9.88 Å². The van der Waals surface area contributed by atoms with Crippen molar-refractivity contribution < 1.29 is 18.0 Å². The van der Waals surface area contributed by atoms with Crippen LogP contribution in [0.25, 0.3) is 0 Å². The lowest BCUT2D eigenvalue weighted by Gasteiger charge is -2.16. The van der Waals surface area contributed by atoms with Crippen LogP contribution in [0.2, 0.25) is 0 Å². The average Bonchev–Trinajstić information content (AvgIpc) is 2.59. The molecule has 0 radical (unpaired) electrons. The lowest BCUT2D eigenvalue weighted by molar-refractivity contribution is -0.116. The molecule has 0 saturated carbocycles. The van der Waals surface area contributed by atoms with Gasteiger partial charge in [0.15, 0.2) is 17.5 Å². The first kappa shape index (κ1) is 17.9. The summed E-state index contributed by atoms with van der Waals surface area (Å²) in [6.45, 7) is 1.21. The number of likely N-dealkylation sites (N-methyl/N-ethyl adjacent to an activating group) is 1. The van der Waals surface area contributed by atoms with Gasteiger partial charge in [-0.2, -0.15) is 0 Å². The van der Waals surface area contributed by atoms with Crippen molar-refractivity contribution in [2.45, 2.75) is 12.8 Å². The highest BCUT2D eigenvalue weighted by atomic mass is 19.2. The number of hydrogen-bond acceptors (Lipinski definition) is 3. The van der Waals surface area contributed by atoms with E-state index >= 15 is 0 Å². The normalized spacial score (nSPS) is 10.9. The van der Waals surface area contributed by atoms with Gasteiger partial charge in [-0.05, 0) is 43.3 Å². The van der Waals surface area contributed by atoms with Crippen LogP contribution in [0, 0.1) is 17.5 Å². The summed E-state index contributed by atoms with van der Waals surface area (Å²) in [4.78, 5) is 17.7. The van der Waals surface area contributed by atoms with Gasteiger partial charge in [0.1, 0.15) is 0 Å². The molecule has 0 unspecified atom stereocenters. The van der Waals surface area contributed by atoms with E-state index in [2.05, 4.69) is 10.3 Å². The number of hydrogen-bond donors (Lipinski definition) is 1. The lowest BCUT2D eigenvalue weighted by atomic mass is 10.2. The third-order valence-corrected chi connectivity index (χ3v) is 3.56. The Morgan fingerprint density at radius 2 is 1.79 bits per heavy atom. The molecule has 2 aromatic rings. The SMILES string of the molecule is CN(CCC(=O)Nc1ccc(F)c(F)c1F)CCc1ccncc1.